The van der Waals surface area contributed by atoms with Gasteiger partial charge in [-0.2, -0.15) is 4.98 Å². The number of nitrogens with zero attached hydrogens (tertiary/aromatic N) is 2. The van der Waals surface area contributed by atoms with Crippen LogP contribution in [0.4, 0.5) is 0 Å². The van der Waals surface area contributed by atoms with Crippen molar-refractivity contribution in [2.45, 2.75) is 33.6 Å². The standard InChI is InChI=1S/C22H30N4O4/c1-12(2)16-9-14(13(3)8-15(16)11-23-21(27)22(28)30-5)10-18-24-17-6-7-19(29-4)26-20(17)25-18/h6-8,12,14-16H,9-11H2,1-5H3,(H,23,27)(H,24,25,26)/t14-,15-,16-/m0/s1. The van der Waals surface area contributed by atoms with Crippen LogP contribution >= 0.6 is 0 Å². The summed E-state index contributed by atoms with van der Waals surface area (Å²) in [6, 6.07) is 3.75. The number of aromatic amines is 1. The fourth-order valence-electron chi connectivity index (χ4n) is 4.25. The number of carbonyl (C=O) groups is 2. The fraction of sp³-hybridized carbons (Fsp3) is 0.545. The highest BCUT2D eigenvalue weighted by Crippen LogP contribution is 2.38. The lowest BCUT2D eigenvalue weighted by Gasteiger charge is -2.37. The molecule has 0 bridgehead atoms. The Bertz CT molecular complexity index is 950. The maximum atomic E-state index is 11.8. The largest absolute Gasteiger partial charge is 0.481 e. The average Bonchev–Trinajstić information content (AvgIpc) is 3.13. The molecule has 0 unspecified atom stereocenters. The third kappa shape index (κ3) is 4.80. The number of methoxy groups -OCH3 is 2. The van der Waals surface area contributed by atoms with Crippen molar-refractivity contribution in [3.05, 3.63) is 29.6 Å². The molecule has 0 radical (unpaired) electrons. The molecule has 0 saturated heterocycles. The van der Waals surface area contributed by atoms with Gasteiger partial charge in [0.25, 0.3) is 0 Å². The summed E-state index contributed by atoms with van der Waals surface area (Å²) >= 11 is 0. The molecule has 1 aliphatic rings. The van der Waals surface area contributed by atoms with Crippen LogP contribution in [-0.2, 0) is 20.7 Å². The van der Waals surface area contributed by atoms with Crippen LogP contribution in [0, 0.1) is 23.7 Å². The predicted octanol–water partition coefficient (Wildman–Crippen LogP) is 2.65. The van der Waals surface area contributed by atoms with Gasteiger partial charge in [0.2, 0.25) is 5.88 Å². The number of carbonyl (C=O) groups excluding carboxylic acids is 2. The first-order chi connectivity index (χ1) is 14.3. The molecule has 3 rings (SSSR count). The van der Waals surface area contributed by atoms with Gasteiger partial charge in [0, 0.05) is 19.0 Å². The number of aromatic nitrogens is 3. The van der Waals surface area contributed by atoms with Gasteiger partial charge in [-0.15, -0.1) is 0 Å². The van der Waals surface area contributed by atoms with Crippen LogP contribution in [0.3, 0.4) is 0 Å². The zero-order valence-electron chi connectivity index (χ0n) is 18.2. The van der Waals surface area contributed by atoms with E-state index in [9.17, 15) is 9.59 Å². The second-order valence-corrected chi connectivity index (χ2v) is 8.23. The molecule has 8 heteroatoms. The first-order valence-electron chi connectivity index (χ1n) is 10.3. The van der Waals surface area contributed by atoms with E-state index < -0.39 is 11.9 Å². The molecule has 2 N–H and O–H groups in total. The minimum Gasteiger partial charge on any atom is -0.481 e. The number of rotatable bonds is 6. The Morgan fingerprint density at radius 1 is 1.27 bits per heavy atom. The lowest BCUT2D eigenvalue weighted by atomic mass is 9.70. The second-order valence-electron chi connectivity index (χ2n) is 8.23. The van der Waals surface area contributed by atoms with Crippen molar-refractivity contribution in [1.29, 1.82) is 0 Å². The number of H-pyrrole nitrogens is 1. The van der Waals surface area contributed by atoms with Gasteiger partial charge in [-0.05, 0) is 43.1 Å². The summed E-state index contributed by atoms with van der Waals surface area (Å²) in [4.78, 5) is 35.5. The molecule has 2 heterocycles. The number of fused-ring (bicyclic) bond motifs is 1. The molecule has 0 aromatic carbocycles. The van der Waals surface area contributed by atoms with Crippen LogP contribution in [-0.4, -0.2) is 47.6 Å². The Hall–Kier alpha value is -2.90. The molecule has 30 heavy (non-hydrogen) atoms. The van der Waals surface area contributed by atoms with E-state index >= 15 is 0 Å². The lowest BCUT2D eigenvalue weighted by Crippen LogP contribution is -2.39. The van der Waals surface area contributed by atoms with Crippen molar-refractivity contribution in [3.63, 3.8) is 0 Å². The average molecular weight is 415 g/mol. The molecule has 8 nitrogen and oxygen atoms in total. The van der Waals surface area contributed by atoms with E-state index in [2.05, 4.69) is 51.9 Å². The maximum absolute atomic E-state index is 11.8. The summed E-state index contributed by atoms with van der Waals surface area (Å²) in [7, 11) is 2.80. The summed E-state index contributed by atoms with van der Waals surface area (Å²) in [5.74, 6) is 1.26. The number of amides is 1. The van der Waals surface area contributed by atoms with Crippen molar-refractivity contribution < 1.29 is 19.1 Å². The van der Waals surface area contributed by atoms with E-state index in [1.165, 1.54) is 12.7 Å². The number of imidazole rings is 1. The van der Waals surface area contributed by atoms with Crippen LogP contribution < -0.4 is 10.1 Å². The zero-order valence-corrected chi connectivity index (χ0v) is 18.2. The molecule has 0 fully saturated rings. The highest BCUT2D eigenvalue weighted by atomic mass is 16.5. The summed E-state index contributed by atoms with van der Waals surface area (Å²) in [6.07, 6.45) is 4.03. The minimum absolute atomic E-state index is 0.177. The molecule has 2 aromatic rings. The summed E-state index contributed by atoms with van der Waals surface area (Å²) in [6.45, 7) is 6.95. The van der Waals surface area contributed by atoms with Crippen molar-refractivity contribution in [3.8, 4) is 5.88 Å². The smallest absolute Gasteiger partial charge is 0.396 e. The predicted molar refractivity (Wildman–Crippen MR) is 113 cm³/mol. The van der Waals surface area contributed by atoms with E-state index in [-0.39, 0.29) is 5.92 Å². The highest BCUT2D eigenvalue weighted by molar-refractivity contribution is 6.32. The normalized spacial score (nSPS) is 21.4. The Kier molecular flexibility index (Phi) is 6.74. The van der Waals surface area contributed by atoms with Gasteiger partial charge in [0.15, 0.2) is 5.65 Å². The number of ether oxygens (including phenoxy) is 2. The quantitative estimate of drug-likeness (QED) is 0.428. The minimum atomic E-state index is -0.861. The van der Waals surface area contributed by atoms with Crippen molar-refractivity contribution in [2.75, 3.05) is 20.8 Å². The van der Waals surface area contributed by atoms with Gasteiger partial charge in [-0.25, -0.2) is 9.78 Å². The van der Waals surface area contributed by atoms with E-state index in [4.69, 9.17) is 4.74 Å². The Morgan fingerprint density at radius 2 is 2.03 bits per heavy atom. The Balaban J connectivity index is 1.73. The van der Waals surface area contributed by atoms with E-state index in [0.29, 0.717) is 35.8 Å². The van der Waals surface area contributed by atoms with Gasteiger partial charge in [-0.3, -0.25) is 4.79 Å². The maximum Gasteiger partial charge on any atom is 0.396 e. The molecule has 2 aromatic heterocycles. The Morgan fingerprint density at radius 3 is 2.70 bits per heavy atom. The number of hydrogen-bond donors (Lipinski definition) is 2. The van der Waals surface area contributed by atoms with Crippen molar-refractivity contribution >= 4 is 23.0 Å². The third-order valence-electron chi connectivity index (χ3n) is 5.97. The van der Waals surface area contributed by atoms with Crippen LogP contribution in [0.25, 0.3) is 11.2 Å². The van der Waals surface area contributed by atoms with Gasteiger partial charge in [0.1, 0.15) is 5.82 Å². The monoisotopic (exact) mass is 414 g/mol. The van der Waals surface area contributed by atoms with E-state index in [0.717, 1.165) is 24.2 Å². The summed E-state index contributed by atoms with van der Waals surface area (Å²) < 4.78 is 9.66. The molecule has 162 valence electrons. The number of esters is 1. The molecular weight excluding hydrogens is 384 g/mol. The van der Waals surface area contributed by atoms with Gasteiger partial charge in [-0.1, -0.05) is 25.5 Å². The zero-order chi connectivity index (χ0) is 21.8. The van der Waals surface area contributed by atoms with Crippen LogP contribution in [0.15, 0.2) is 23.8 Å². The van der Waals surface area contributed by atoms with Crippen LogP contribution in [0.5, 0.6) is 5.88 Å². The molecule has 0 spiro atoms. The second kappa shape index (κ2) is 9.28. The summed E-state index contributed by atoms with van der Waals surface area (Å²) in [5, 5.41) is 2.70. The molecular formula is C22H30N4O4. The SMILES string of the molecule is COC(=O)C(=O)NC[C@@H]1C=C(C)[C@H](Cc2nc3nc(OC)ccc3[nH]2)C[C@H]1C(C)C. The lowest BCUT2D eigenvalue weighted by molar-refractivity contribution is -0.152. The van der Waals surface area contributed by atoms with Crippen LogP contribution in [0.1, 0.15) is 33.0 Å². The van der Waals surface area contributed by atoms with E-state index in [1.807, 2.05) is 12.1 Å². The third-order valence-corrected chi connectivity index (χ3v) is 5.97. The fourth-order valence-corrected chi connectivity index (χ4v) is 4.25. The van der Waals surface area contributed by atoms with Crippen molar-refractivity contribution in [1.82, 2.24) is 20.3 Å². The first-order valence-corrected chi connectivity index (χ1v) is 10.3. The molecule has 1 amide bonds. The van der Waals surface area contributed by atoms with Gasteiger partial charge in [0.05, 0.1) is 19.7 Å². The molecule has 3 atom stereocenters. The first kappa shape index (κ1) is 21.8. The molecule has 1 aliphatic carbocycles. The number of allylic oxidation sites excluding steroid dienone is 1. The van der Waals surface area contributed by atoms with Crippen molar-refractivity contribution in [2.24, 2.45) is 23.7 Å². The topological polar surface area (TPSA) is 106 Å². The number of hydrogen-bond acceptors (Lipinski definition) is 6. The highest BCUT2D eigenvalue weighted by Gasteiger charge is 2.32. The van der Waals surface area contributed by atoms with Gasteiger partial charge >= 0.3 is 11.9 Å². The molecule has 0 saturated carbocycles. The number of pyridine rings is 1. The number of nitrogens with one attached hydrogen (secondary N) is 2. The van der Waals surface area contributed by atoms with Crippen LogP contribution in [0.2, 0.25) is 0 Å². The van der Waals surface area contributed by atoms with Gasteiger partial charge < -0.3 is 19.8 Å². The molecule has 0 aliphatic heterocycles. The summed E-state index contributed by atoms with van der Waals surface area (Å²) in [5.41, 5.74) is 2.83. The Labute approximate surface area is 176 Å². The van der Waals surface area contributed by atoms with E-state index in [1.54, 1.807) is 7.11 Å².